The minimum atomic E-state index is -0.0924. The molecule has 1 unspecified atom stereocenters. The summed E-state index contributed by atoms with van der Waals surface area (Å²) in [5.41, 5.74) is 1.92. The van der Waals surface area contributed by atoms with Crippen LogP contribution in [0.15, 0.2) is 58.5 Å². The van der Waals surface area contributed by atoms with Crippen LogP contribution >= 0.6 is 11.8 Å². The highest BCUT2D eigenvalue weighted by molar-refractivity contribution is 7.99. The number of nitrogens with one attached hydrogen (secondary N) is 1. The van der Waals surface area contributed by atoms with Crippen LogP contribution in [0, 0.1) is 0 Å². The summed E-state index contributed by atoms with van der Waals surface area (Å²) in [6.45, 7) is 6.28. The molecular formula is C19H20N2OS. The van der Waals surface area contributed by atoms with Crippen molar-refractivity contribution < 1.29 is 0 Å². The Labute approximate surface area is 140 Å². The van der Waals surface area contributed by atoms with E-state index in [1.807, 2.05) is 12.1 Å². The molecule has 0 bridgehead atoms. The van der Waals surface area contributed by atoms with Gasteiger partial charge < -0.3 is 4.98 Å². The molecule has 4 heteroatoms. The number of fused-ring (bicyclic) bond motifs is 1. The van der Waals surface area contributed by atoms with Crippen molar-refractivity contribution in [2.45, 2.75) is 37.1 Å². The van der Waals surface area contributed by atoms with Gasteiger partial charge in [-0.3, -0.25) is 4.79 Å². The Kier molecular flexibility index (Phi) is 4.53. The summed E-state index contributed by atoms with van der Waals surface area (Å²) in [7, 11) is 0. The quantitative estimate of drug-likeness (QED) is 0.564. The van der Waals surface area contributed by atoms with Crippen LogP contribution in [0.25, 0.3) is 10.8 Å². The molecule has 0 aliphatic rings. The van der Waals surface area contributed by atoms with Gasteiger partial charge in [0.25, 0.3) is 5.56 Å². The monoisotopic (exact) mass is 324 g/mol. The molecule has 1 atom stereocenters. The summed E-state index contributed by atoms with van der Waals surface area (Å²) in [5.74, 6) is 0.0647. The number of hydrogen-bond acceptors (Lipinski definition) is 3. The second-order valence-corrected chi connectivity index (χ2v) is 7.50. The molecule has 0 aliphatic carbocycles. The number of hydrogen-bond donors (Lipinski definition) is 1. The van der Waals surface area contributed by atoms with E-state index in [9.17, 15) is 4.79 Å². The minimum absolute atomic E-state index is 0.0647. The Morgan fingerprint density at radius 1 is 1.04 bits per heavy atom. The maximum Gasteiger partial charge on any atom is 0.251 e. The van der Waals surface area contributed by atoms with Crippen molar-refractivity contribution in [3.8, 4) is 0 Å². The van der Waals surface area contributed by atoms with E-state index in [1.165, 1.54) is 16.3 Å². The van der Waals surface area contributed by atoms with Crippen LogP contribution in [0.5, 0.6) is 0 Å². The summed E-state index contributed by atoms with van der Waals surface area (Å²) in [4.78, 5) is 19.5. The highest BCUT2D eigenvalue weighted by Crippen LogP contribution is 2.30. The van der Waals surface area contributed by atoms with Gasteiger partial charge in [-0.25, -0.2) is 4.98 Å². The topological polar surface area (TPSA) is 45.8 Å². The molecule has 1 aromatic heterocycles. The molecule has 0 radical (unpaired) electrons. The predicted molar refractivity (Wildman–Crippen MR) is 97.3 cm³/mol. The lowest BCUT2D eigenvalue weighted by atomic mass is 9.92. The van der Waals surface area contributed by atoms with Gasteiger partial charge in [0, 0.05) is 17.2 Å². The van der Waals surface area contributed by atoms with Crippen LogP contribution in [-0.4, -0.2) is 15.2 Å². The zero-order chi connectivity index (χ0) is 16.4. The Morgan fingerprint density at radius 2 is 1.78 bits per heavy atom. The van der Waals surface area contributed by atoms with Gasteiger partial charge in [0.05, 0.1) is 5.69 Å². The average Bonchev–Trinajstić information content (AvgIpc) is 2.52. The molecular weight excluding hydrogens is 304 g/mol. The largest absolute Gasteiger partial charge is 0.301 e. The summed E-state index contributed by atoms with van der Waals surface area (Å²) in [6, 6.07) is 16.2. The van der Waals surface area contributed by atoms with E-state index in [-0.39, 0.29) is 11.5 Å². The van der Waals surface area contributed by atoms with Crippen molar-refractivity contribution >= 4 is 22.5 Å². The Balaban J connectivity index is 2.07. The van der Waals surface area contributed by atoms with E-state index in [4.69, 9.17) is 0 Å². The number of rotatable bonds is 4. The Hall–Kier alpha value is -2.07. The summed E-state index contributed by atoms with van der Waals surface area (Å²) >= 11 is 1.58. The standard InChI is InChI=1S/C19H20N2OS/c1-12(2)23-19-20-17(11-18(22)21-19)13(3)15-10-6-8-14-7-4-5-9-16(14)15/h4-13H,1-3H3,(H,20,21,22). The lowest BCUT2D eigenvalue weighted by Crippen LogP contribution is -2.13. The highest BCUT2D eigenvalue weighted by Gasteiger charge is 2.15. The van der Waals surface area contributed by atoms with Gasteiger partial charge in [-0.05, 0) is 16.3 Å². The molecule has 0 spiro atoms. The van der Waals surface area contributed by atoms with Gasteiger partial charge in [-0.15, -0.1) is 0 Å². The molecule has 0 fully saturated rings. The van der Waals surface area contributed by atoms with Crippen molar-refractivity contribution in [2.75, 3.05) is 0 Å². The number of benzene rings is 2. The number of H-pyrrole nitrogens is 1. The third kappa shape index (κ3) is 3.48. The SMILES string of the molecule is CC(C)Sc1nc(C(C)c2cccc3ccccc23)cc(=O)[nH]1. The molecule has 0 aliphatic heterocycles. The van der Waals surface area contributed by atoms with Crippen molar-refractivity contribution in [3.63, 3.8) is 0 Å². The van der Waals surface area contributed by atoms with E-state index in [0.717, 1.165) is 5.69 Å². The van der Waals surface area contributed by atoms with E-state index in [1.54, 1.807) is 17.8 Å². The van der Waals surface area contributed by atoms with Crippen molar-refractivity contribution in [1.82, 2.24) is 9.97 Å². The fourth-order valence-electron chi connectivity index (χ4n) is 2.74. The molecule has 23 heavy (non-hydrogen) atoms. The Morgan fingerprint density at radius 3 is 2.57 bits per heavy atom. The molecule has 1 heterocycles. The fraction of sp³-hybridized carbons (Fsp3) is 0.263. The van der Waals surface area contributed by atoms with E-state index in [2.05, 4.69) is 61.1 Å². The molecule has 0 amide bonds. The second-order valence-electron chi connectivity index (χ2n) is 5.93. The number of thioether (sulfide) groups is 1. The van der Waals surface area contributed by atoms with Gasteiger partial charge >= 0.3 is 0 Å². The molecule has 3 rings (SSSR count). The van der Waals surface area contributed by atoms with Gasteiger partial charge in [0.2, 0.25) is 0 Å². The van der Waals surface area contributed by atoms with Crippen LogP contribution in [-0.2, 0) is 0 Å². The molecule has 118 valence electrons. The van der Waals surface area contributed by atoms with E-state index in [0.29, 0.717) is 10.4 Å². The second kappa shape index (κ2) is 6.59. The smallest absolute Gasteiger partial charge is 0.251 e. The first kappa shape index (κ1) is 15.8. The number of aromatic amines is 1. The summed E-state index contributed by atoms with van der Waals surface area (Å²) in [5, 5.41) is 3.48. The van der Waals surface area contributed by atoms with E-state index >= 15 is 0 Å². The number of nitrogens with zero attached hydrogens (tertiary/aromatic N) is 1. The van der Waals surface area contributed by atoms with Crippen LogP contribution in [0.1, 0.15) is 37.9 Å². The average molecular weight is 324 g/mol. The first-order valence-corrected chi connectivity index (χ1v) is 8.68. The third-order valence-corrected chi connectivity index (χ3v) is 4.71. The van der Waals surface area contributed by atoms with Gasteiger partial charge in [-0.2, -0.15) is 0 Å². The predicted octanol–water partition coefficient (Wildman–Crippen LogP) is 4.58. The Bertz CT molecular complexity index is 880. The van der Waals surface area contributed by atoms with E-state index < -0.39 is 0 Å². The van der Waals surface area contributed by atoms with Crippen LogP contribution in [0.2, 0.25) is 0 Å². The third-order valence-electron chi connectivity index (χ3n) is 3.82. The van der Waals surface area contributed by atoms with Crippen molar-refractivity contribution in [1.29, 1.82) is 0 Å². The lowest BCUT2D eigenvalue weighted by molar-refractivity contribution is 0.803. The minimum Gasteiger partial charge on any atom is -0.301 e. The van der Waals surface area contributed by atoms with Gasteiger partial charge in [-0.1, -0.05) is 75.0 Å². The van der Waals surface area contributed by atoms with Crippen molar-refractivity contribution in [3.05, 3.63) is 70.1 Å². The maximum absolute atomic E-state index is 12.0. The zero-order valence-electron chi connectivity index (χ0n) is 13.5. The van der Waals surface area contributed by atoms with Gasteiger partial charge in [0.1, 0.15) is 0 Å². The van der Waals surface area contributed by atoms with Crippen LogP contribution < -0.4 is 5.56 Å². The molecule has 0 saturated heterocycles. The molecule has 0 saturated carbocycles. The molecule has 3 nitrogen and oxygen atoms in total. The van der Waals surface area contributed by atoms with Crippen LogP contribution in [0.3, 0.4) is 0 Å². The molecule has 1 N–H and O–H groups in total. The summed E-state index contributed by atoms with van der Waals surface area (Å²) < 4.78 is 0. The normalized spacial score (nSPS) is 12.7. The maximum atomic E-state index is 12.0. The van der Waals surface area contributed by atoms with Gasteiger partial charge in [0.15, 0.2) is 5.16 Å². The molecule has 3 aromatic rings. The molecule has 2 aromatic carbocycles. The fourth-order valence-corrected chi connectivity index (χ4v) is 3.51. The number of aromatic nitrogens is 2. The first-order chi connectivity index (χ1) is 11.0. The van der Waals surface area contributed by atoms with Crippen LogP contribution in [0.4, 0.5) is 0 Å². The lowest BCUT2D eigenvalue weighted by Gasteiger charge is -2.15. The zero-order valence-corrected chi connectivity index (χ0v) is 14.4. The first-order valence-electron chi connectivity index (χ1n) is 7.80. The highest BCUT2D eigenvalue weighted by atomic mass is 32.2. The van der Waals surface area contributed by atoms with Crippen molar-refractivity contribution in [2.24, 2.45) is 0 Å². The summed E-state index contributed by atoms with van der Waals surface area (Å²) in [6.07, 6.45) is 0.